The Morgan fingerprint density at radius 3 is 2.40 bits per heavy atom. The molecular formula is C35H39FN6O6. The summed E-state index contributed by atoms with van der Waals surface area (Å²) in [5, 5.41) is 11.1. The van der Waals surface area contributed by atoms with Crippen LogP contribution in [-0.4, -0.2) is 69.9 Å². The zero-order valence-corrected chi connectivity index (χ0v) is 27.6. The van der Waals surface area contributed by atoms with Crippen molar-refractivity contribution in [1.29, 1.82) is 0 Å². The normalized spacial score (nSPS) is 14.4. The van der Waals surface area contributed by atoms with Crippen LogP contribution in [0.2, 0.25) is 0 Å². The molecule has 12 nitrogen and oxygen atoms in total. The molecule has 2 heterocycles. The standard InChI is InChI=1S/C35H39FN6O6/c1-23(43)37-17-30-22-42(34(45)47-30)28-12-15-31(32(36)16-28)26-10-6-24(7-11-26)18-40(33(44)48-35(2,3)4)20-27-21-41(39-38-27)19-25-8-13-29(46-5)14-9-25/h6-16,21,30H,17-20,22H2,1-5H3,(H,37,43)/t30-/m0/s1. The van der Waals surface area contributed by atoms with Gasteiger partial charge < -0.3 is 19.5 Å². The number of aromatic nitrogens is 3. The van der Waals surface area contributed by atoms with Crippen LogP contribution in [0.3, 0.4) is 0 Å². The number of methoxy groups -OCH3 is 1. The maximum absolute atomic E-state index is 15.3. The van der Waals surface area contributed by atoms with E-state index in [1.807, 2.05) is 36.4 Å². The number of benzene rings is 3. The maximum Gasteiger partial charge on any atom is 0.414 e. The van der Waals surface area contributed by atoms with Crippen molar-refractivity contribution in [2.75, 3.05) is 25.1 Å². The first-order chi connectivity index (χ1) is 22.9. The molecule has 3 amide bonds. The molecule has 48 heavy (non-hydrogen) atoms. The number of cyclic esters (lactones) is 1. The molecule has 5 rings (SSSR count). The molecule has 1 N–H and O–H groups in total. The van der Waals surface area contributed by atoms with E-state index >= 15 is 4.39 Å². The van der Waals surface area contributed by atoms with Gasteiger partial charge in [-0.2, -0.15) is 0 Å². The molecule has 0 aliphatic carbocycles. The van der Waals surface area contributed by atoms with Crippen LogP contribution >= 0.6 is 0 Å². The first-order valence-electron chi connectivity index (χ1n) is 15.5. The minimum absolute atomic E-state index is 0.167. The number of hydrogen-bond acceptors (Lipinski definition) is 8. The van der Waals surface area contributed by atoms with Crippen molar-refractivity contribution in [3.63, 3.8) is 0 Å². The summed E-state index contributed by atoms with van der Waals surface area (Å²) in [6.45, 7) is 8.06. The Kier molecular flexibility index (Phi) is 10.3. The molecule has 0 bridgehead atoms. The van der Waals surface area contributed by atoms with Gasteiger partial charge in [-0.1, -0.05) is 41.6 Å². The Hall–Kier alpha value is -5.46. The van der Waals surface area contributed by atoms with Crippen molar-refractivity contribution >= 4 is 23.8 Å². The van der Waals surface area contributed by atoms with Crippen LogP contribution < -0.4 is 15.0 Å². The van der Waals surface area contributed by atoms with Gasteiger partial charge in [0.2, 0.25) is 5.91 Å². The summed E-state index contributed by atoms with van der Waals surface area (Å²) in [5.41, 5.74) is 3.05. The van der Waals surface area contributed by atoms with E-state index in [1.54, 1.807) is 67.9 Å². The highest BCUT2D eigenvalue weighted by Crippen LogP contribution is 2.30. The fourth-order valence-corrected chi connectivity index (χ4v) is 5.13. The van der Waals surface area contributed by atoms with Gasteiger partial charge in [0.25, 0.3) is 0 Å². The van der Waals surface area contributed by atoms with Crippen molar-refractivity contribution in [3.05, 3.63) is 95.6 Å². The molecule has 1 fully saturated rings. The third kappa shape index (κ3) is 8.87. The molecular weight excluding hydrogens is 619 g/mol. The summed E-state index contributed by atoms with van der Waals surface area (Å²) < 4.78 is 33.2. The zero-order chi connectivity index (χ0) is 34.4. The number of amides is 3. The molecule has 1 aromatic heterocycles. The average molecular weight is 659 g/mol. The number of rotatable bonds is 11. The van der Waals surface area contributed by atoms with E-state index in [2.05, 4.69) is 15.6 Å². The quantitative estimate of drug-likeness (QED) is 0.223. The summed E-state index contributed by atoms with van der Waals surface area (Å²) in [7, 11) is 1.62. The SMILES string of the molecule is COc1ccc(Cn2cc(CN(Cc3ccc(-c4ccc(N5C[C@H](CNC(C)=O)OC5=O)cc4F)cc3)C(=O)OC(C)(C)C)nn2)cc1. The molecule has 0 spiro atoms. The molecule has 13 heteroatoms. The van der Waals surface area contributed by atoms with Gasteiger partial charge in [-0.25, -0.2) is 18.7 Å². The Morgan fingerprint density at radius 1 is 1.04 bits per heavy atom. The molecule has 0 unspecified atom stereocenters. The second kappa shape index (κ2) is 14.5. The van der Waals surface area contributed by atoms with Gasteiger partial charge in [-0.3, -0.25) is 14.6 Å². The largest absolute Gasteiger partial charge is 0.497 e. The molecule has 1 saturated heterocycles. The predicted molar refractivity (Wildman–Crippen MR) is 176 cm³/mol. The molecule has 1 aliphatic rings. The lowest BCUT2D eigenvalue weighted by atomic mass is 10.0. The number of ether oxygens (including phenoxy) is 3. The van der Waals surface area contributed by atoms with Crippen molar-refractivity contribution in [3.8, 4) is 16.9 Å². The first-order valence-corrected chi connectivity index (χ1v) is 15.5. The minimum atomic E-state index is -0.701. The second-order valence-electron chi connectivity index (χ2n) is 12.5. The fraction of sp³-hybridized carbons (Fsp3) is 0.343. The van der Waals surface area contributed by atoms with E-state index in [1.165, 1.54) is 17.9 Å². The Bertz CT molecular complexity index is 1750. The highest BCUT2D eigenvalue weighted by atomic mass is 19.1. The van der Waals surface area contributed by atoms with Gasteiger partial charge in [0.05, 0.1) is 45.2 Å². The molecule has 0 radical (unpaired) electrons. The monoisotopic (exact) mass is 658 g/mol. The lowest BCUT2D eigenvalue weighted by Crippen LogP contribution is -2.36. The zero-order valence-electron chi connectivity index (χ0n) is 27.6. The van der Waals surface area contributed by atoms with Crippen LogP contribution in [0, 0.1) is 5.82 Å². The molecule has 1 aliphatic heterocycles. The highest BCUT2D eigenvalue weighted by Gasteiger charge is 2.33. The maximum atomic E-state index is 15.3. The number of carbonyl (C=O) groups is 3. The van der Waals surface area contributed by atoms with Crippen LogP contribution in [0.25, 0.3) is 11.1 Å². The van der Waals surface area contributed by atoms with Crippen LogP contribution in [0.5, 0.6) is 5.75 Å². The van der Waals surface area contributed by atoms with E-state index in [9.17, 15) is 14.4 Å². The van der Waals surface area contributed by atoms with Gasteiger partial charge in [-0.15, -0.1) is 5.10 Å². The third-order valence-corrected chi connectivity index (χ3v) is 7.45. The average Bonchev–Trinajstić information content (AvgIpc) is 3.65. The van der Waals surface area contributed by atoms with Crippen molar-refractivity contribution < 1.29 is 33.0 Å². The summed E-state index contributed by atoms with van der Waals surface area (Å²) in [4.78, 5) is 39.7. The number of hydrogen-bond donors (Lipinski definition) is 1. The Labute approximate surface area is 278 Å². The van der Waals surface area contributed by atoms with Crippen molar-refractivity contribution in [2.45, 2.75) is 59.0 Å². The van der Waals surface area contributed by atoms with E-state index in [0.717, 1.165) is 16.9 Å². The predicted octanol–water partition coefficient (Wildman–Crippen LogP) is 5.54. The first kappa shape index (κ1) is 33.9. The number of nitrogens with zero attached hydrogens (tertiary/aromatic N) is 5. The number of nitrogens with one attached hydrogen (secondary N) is 1. The van der Waals surface area contributed by atoms with Gasteiger partial charge >= 0.3 is 12.2 Å². The smallest absolute Gasteiger partial charge is 0.414 e. The van der Waals surface area contributed by atoms with Crippen molar-refractivity contribution in [2.24, 2.45) is 0 Å². The van der Waals surface area contributed by atoms with Gasteiger partial charge in [0, 0.05) is 19.0 Å². The van der Waals surface area contributed by atoms with Gasteiger partial charge in [-0.05, 0) is 67.8 Å². The third-order valence-electron chi connectivity index (χ3n) is 7.45. The Morgan fingerprint density at radius 2 is 1.75 bits per heavy atom. The number of carbonyl (C=O) groups excluding carboxylic acids is 3. The van der Waals surface area contributed by atoms with E-state index in [4.69, 9.17) is 14.2 Å². The lowest BCUT2D eigenvalue weighted by molar-refractivity contribution is -0.119. The second-order valence-corrected chi connectivity index (χ2v) is 12.5. The van der Waals surface area contributed by atoms with Crippen molar-refractivity contribution in [1.82, 2.24) is 25.2 Å². The lowest BCUT2D eigenvalue weighted by Gasteiger charge is -2.27. The van der Waals surface area contributed by atoms with Crippen LogP contribution in [-0.2, 0) is 33.9 Å². The molecule has 3 aromatic carbocycles. The summed E-state index contributed by atoms with van der Waals surface area (Å²) >= 11 is 0. The molecule has 0 saturated carbocycles. The fourth-order valence-electron chi connectivity index (χ4n) is 5.13. The highest BCUT2D eigenvalue weighted by molar-refractivity contribution is 5.90. The summed E-state index contributed by atoms with van der Waals surface area (Å²) in [6, 6.07) is 19.4. The molecule has 252 valence electrons. The van der Waals surface area contributed by atoms with Crippen LogP contribution in [0.15, 0.2) is 72.9 Å². The van der Waals surface area contributed by atoms with E-state index in [-0.39, 0.29) is 32.1 Å². The Balaban J connectivity index is 1.26. The molecule has 4 aromatic rings. The van der Waals surface area contributed by atoms with Gasteiger partial charge in [0.1, 0.15) is 29.0 Å². The minimum Gasteiger partial charge on any atom is -0.497 e. The van der Waals surface area contributed by atoms with Gasteiger partial charge in [0.15, 0.2) is 0 Å². The summed E-state index contributed by atoms with van der Waals surface area (Å²) in [6.07, 6.45) is 0.166. The number of halogens is 1. The van der Waals surface area contributed by atoms with E-state index < -0.39 is 29.7 Å². The van der Waals surface area contributed by atoms with Crippen LogP contribution in [0.1, 0.15) is 44.5 Å². The summed E-state index contributed by atoms with van der Waals surface area (Å²) in [5.74, 6) is 0.0311. The molecule has 1 atom stereocenters. The topological polar surface area (TPSA) is 128 Å². The van der Waals surface area contributed by atoms with E-state index in [0.29, 0.717) is 29.1 Å². The van der Waals surface area contributed by atoms with Crippen LogP contribution in [0.4, 0.5) is 19.7 Å². The number of anilines is 1.